The first-order valence-electron chi connectivity index (χ1n) is 3.55. The largest absolute Gasteiger partial charge is 0.460 e. The van der Waals surface area contributed by atoms with Gasteiger partial charge >= 0.3 is 5.97 Å². The highest BCUT2D eigenvalue weighted by atomic mass is 32.2. The number of likely N-dealkylation sites (N-methyl/N-ethyl adjacent to an activating group) is 1. The Labute approximate surface area is 78.0 Å². The SMILES string of the molecule is C=CCOC(=O)CN(C)S(C)(=O)=O. The maximum Gasteiger partial charge on any atom is 0.321 e. The Morgan fingerprint density at radius 3 is 2.54 bits per heavy atom. The van der Waals surface area contributed by atoms with Crippen molar-refractivity contribution in [2.45, 2.75) is 0 Å². The van der Waals surface area contributed by atoms with Crippen LogP contribution in [0.2, 0.25) is 0 Å². The van der Waals surface area contributed by atoms with Crippen molar-refractivity contribution in [1.82, 2.24) is 4.31 Å². The zero-order valence-electron chi connectivity index (χ0n) is 7.69. The monoisotopic (exact) mass is 207 g/mol. The number of sulfonamides is 1. The Morgan fingerprint density at radius 2 is 2.15 bits per heavy atom. The van der Waals surface area contributed by atoms with Gasteiger partial charge in [-0.3, -0.25) is 4.79 Å². The second kappa shape index (κ2) is 4.98. The van der Waals surface area contributed by atoms with Gasteiger partial charge in [0.05, 0.1) is 6.26 Å². The van der Waals surface area contributed by atoms with Gasteiger partial charge in [-0.1, -0.05) is 12.7 Å². The van der Waals surface area contributed by atoms with Crippen LogP contribution in [0.4, 0.5) is 0 Å². The van der Waals surface area contributed by atoms with Crippen molar-refractivity contribution < 1.29 is 17.9 Å². The first kappa shape index (κ1) is 12.1. The molecule has 0 aliphatic carbocycles. The first-order valence-corrected chi connectivity index (χ1v) is 5.40. The van der Waals surface area contributed by atoms with Crippen LogP contribution in [0.5, 0.6) is 0 Å². The fourth-order valence-electron chi connectivity index (χ4n) is 0.497. The maximum atomic E-state index is 10.9. The molecule has 0 aromatic heterocycles. The first-order chi connectivity index (χ1) is 5.88. The van der Waals surface area contributed by atoms with E-state index in [1.165, 1.54) is 13.1 Å². The fraction of sp³-hybridized carbons (Fsp3) is 0.571. The van der Waals surface area contributed by atoms with Crippen LogP contribution in [0.3, 0.4) is 0 Å². The minimum Gasteiger partial charge on any atom is -0.460 e. The molecule has 0 bridgehead atoms. The van der Waals surface area contributed by atoms with Crippen LogP contribution in [0, 0.1) is 0 Å². The summed E-state index contributed by atoms with van der Waals surface area (Å²) in [4.78, 5) is 10.9. The van der Waals surface area contributed by atoms with Gasteiger partial charge in [-0.25, -0.2) is 8.42 Å². The molecule has 0 saturated carbocycles. The molecule has 0 saturated heterocycles. The summed E-state index contributed by atoms with van der Waals surface area (Å²) >= 11 is 0. The van der Waals surface area contributed by atoms with E-state index < -0.39 is 16.0 Å². The minimum absolute atomic E-state index is 0.0937. The Morgan fingerprint density at radius 1 is 1.62 bits per heavy atom. The number of carbonyl (C=O) groups is 1. The molecule has 0 rings (SSSR count). The van der Waals surface area contributed by atoms with Crippen molar-refractivity contribution in [2.24, 2.45) is 0 Å². The topological polar surface area (TPSA) is 63.7 Å². The summed E-state index contributed by atoms with van der Waals surface area (Å²) in [6.07, 6.45) is 2.44. The number of hydrogen-bond acceptors (Lipinski definition) is 4. The predicted molar refractivity (Wildman–Crippen MR) is 48.6 cm³/mol. The molecule has 0 N–H and O–H groups in total. The van der Waals surface area contributed by atoms with Gasteiger partial charge in [0.25, 0.3) is 0 Å². The molecule has 0 aliphatic rings. The normalized spacial score (nSPS) is 11.3. The van der Waals surface area contributed by atoms with E-state index in [9.17, 15) is 13.2 Å². The van der Waals surface area contributed by atoms with E-state index in [0.717, 1.165) is 10.6 Å². The third-order valence-electron chi connectivity index (χ3n) is 1.28. The van der Waals surface area contributed by atoms with E-state index in [0.29, 0.717) is 0 Å². The molecule has 0 heterocycles. The summed E-state index contributed by atoms with van der Waals surface area (Å²) < 4.78 is 27.2. The van der Waals surface area contributed by atoms with Crippen LogP contribution in [0.1, 0.15) is 0 Å². The van der Waals surface area contributed by atoms with E-state index in [-0.39, 0.29) is 13.2 Å². The lowest BCUT2D eigenvalue weighted by Gasteiger charge is -2.12. The summed E-state index contributed by atoms with van der Waals surface area (Å²) in [6.45, 7) is 3.17. The van der Waals surface area contributed by atoms with Gasteiger partial charge in [-0.15, -0.1) is 0 Å². The lowest BCUT2D eigenvalue weighted by molar-refractivity contribution is -0.142. The zero-order chi connectivity index (χ0) is 10.5. The predicted octanol–water partition coefficient (Wildman–Crippen LogP) is -0.393. The van der Waals surface area contributed by atoms with Crippen molar-refractivity contribution in [3.63, 3.8) is 0 Å². The van der Waals surface area contributed by atoms with Crippen molar-refractivity contribution in [1.29, 1.82) is 0 Å². The molecular formula is C7H13NO4S. The second-order valence-electron chi connectivity index (χ2n) is 2.49. The number of ether oxygens (including phenoxy) is 1. The molecule has 13 heavy (non-hydrogen) atoms. The van der Waals surface area contributed by atoms with E-state index in [1.54, 1.807) is 0 Å². The second-order valence-corrected chi connectivity index (χ2v) is 4.58. The fourth-order valence-corrected chi connectivity index (χ4v) is 0.836. The average Bonchev–Trinajstić information content (AvgIpc) is 1.99. The zero-order valence-corrected chi connectivity index (χ0v) is 8.50. The quantitative estimate of drug-likeness (QED) is 0.455. The molecule has 76 valence electrons. The molecule has 6 heteroatoms. The van der Waals surface area contributed by atoms with Gasteiger partial charge in [0.2, 0.25) is 10.0 Å². The molecular weight excluding hydrogens is 194 g/mol. The highest BCUT2D eigenvalue weighted by Crippen LogP contribution is 1.93. The Hall–Kier alpha value is -0.880. The number of esters is 1. The molecule has 0 amide bonds. The van der Waals surface area contributed by atoms with Gasteiger partial charge < -0.3 is 4.74 Å². The van der Waals surface area contributed by atoms with E-state index in [2.05, 4.69) is 11.3 Å². The van der Waals surface area contributed by atoms with Crippen LogP contribution in [-0.4, -0.2) is 45.1 Å². The number of carbonyl (C=O) groups excluding carboxylic acids is 1. The third-order valence-corrected chi connectivity index (χ3v) is 2.54. The van der Waals surface area contributed by atoms with Crippen molar-refractivity contribution in [2.75, 3.05) is 26.5 Å². The molecule has 5 nitrogen and oxygen atoms in total. The highest BCUT2D eigenvalue weighted by molar-refractivity contribution is 7.88. The molecule has 0 aromatic rings. The molecule has 0 atom stereocenters. The number of nitrogens with zero attached hydrogens (tertiary/aromatic N) is 1. The summed E-state index contributed by atoms with van der Waals surface area (Å²) in [7, 11) is -2.01. The van der Waals surface area contributed by atoms with Gasteiger partial charge in [0.15, 0.2) is 0 Å². The van der Waals surface area contributed by atoms with Gasteiger partial charge in [-0.05, 0) is 0 Å². The van der Waals surface area contributed by atoms with Crippen molar-refractivity contribution in [3.05, 3.63) is 12.7 Å². The van der Waals surface area contributed by atoms with Crippen molar-refractivity contribution >= 4 is 16.0 Å². The lowest BCUT2D eigenvalue weighted by Crippen LogP contribution is -2.32. The van der Waals surface area contributed by atoms with Gasteiger partial charge in [0, 0.05) is 7.05 Å². The van der Waals surface area contributed by atoms with E-state index in [1.807, 2.05) is 0 Å². The summed E-state index contributed by atoms with van der Waals surface area (Å²) in [5.74, 6) is -0.590. The van der Waals surface area contributed by atoms with Crippen LogP contribution < -0.4 is 0 Å². The molecule has 0 aromatic carbocycles. The van der Waals surface area contributed by atoms with E-state index in [4.69, 9.17) is 0 Å². The minimum atomic E-state index is -3.32. The van der Waals surface area contributed by atoms with Crippen molar-refractivity contribution in [3.8, 4) is 0 Å². The van der Waals surface area contributed by atoms with Crippen LogP contribution in [0.15, 0.2) is 12.7 Å². The molecule has 0 fully saturated rings. The molecule has 0 radical (unpaired) electrons. The maximum absolute atomic E-state index is 10.9. The van der Waals surface area contributed by atoms with E-state index >= 15 is 0 Å². The highest BCUT2D eigenvalue weighted by Gasteiger charge is 2.15. The summed E-state index contributed by atoms with van der Waals surface area (Å²) in [6, 6.07) is 0. The standard InChI is InChI=1S/C7H13NO4S/c1-4-5-12-7(9)6-8(2)13(3,10)11/h4H,1,5-6H2,2-3H3. The summed E-state index contributed by atoms with van der Waals surface area (Å²) in [5, 5.41) is 0. The molecule has 0 aliphatic heterocycles. The smallest absolute Gasteiger partial charge is 0.321 e. The van der Waals surface area contributed by atoms with Crippen LogP contribution >= 0.6 is 0 Å². The lowest BCUT2D eigenvalue weighted by atomic mass is 10.6. The van der Waals surface area contributed by atoms with Gasteiger partial charge in [0.1, 0.15) is 13.2 Å². The van der Waals surface area contributed by atoms with Crippen LogP contribution in [-0.2, 0) is 19.6 Å². The number of hydrogen-bond donors (Lipinski definition) is 0. The molecule has 0 unspecified atom stereocenters. The Kier molecular flexibility index (Phi) is 4.64. The Balaban J connectivity index is 4.00. The summed E-state index contributed by atoms with van der Waals surface area (Å²) in [5.41, 5.74) is 0. The Bertz CT molecular complexity index is 283. The van der Waals surface area contributed by atoms with Gasteiger partial charge in [-0.2, -0.15) is 4.31 Å². The third kappa shape index (κ3) is 5.37. The molecule has 0 spiro atoms. The average molecular weight is 207 g/mol. The van der Waals surface area contributed by atoms with Crippen LogP contribution in [0.25, 0.3) is 0 Å². The number of rotatable bonds is 5.